The minimum Gasteiger partial charge on any atom is -0.324 e. The third kappa shape index (κ3) is 3.33. The number of benzene rings is 2. The first kappa shape index (κ1) is 17.3. The van der Waals surface area contributed by atoms with Gasteiger partial charge in [-0.1, -0.05) is 11.6 Å². The van der Waals surface area contributed by atoms with Crippen LogP contribution in [0.2, 0.25) is 5.02 Å². The lowest BCUT2D eigenvalue weighted by molar-refractivity contribution is -0.114. The molecule has 0 fully saturated rings. The fraction of sp³-hybridized carbons (Fsp3) is 0.0667. The molecular weight excluding hydrogens is 378 g/mol. The summed E-state index contributed by atoms with van der Waals surface area (Å²) in [6.07, 6.45) is 0. The standard InChI is InChI=1S/C15H9ClF2N2O4S/c16-9-5-10(17)8(4-11(9)18)15(22)19-7-1-2-12-13(3-7)25(23,24)6-14(21)20-12/h1-5H,6H2,(H,19,22)(H,20,21). The van der Waals surface area contributed by atoms with Gasteiger partial charge in [0.25, 0.3) is 5.91 Å². The van der Waals surface area contributed by atoms with Crippen LogP contribution in [-0.2, 0) is 14.6 Å². The molecule has 130 valence electrons. The minimum atomic E-state index is -3.85. The van der Waals surface area contributed by atoms with E-state index in [9.17, 15) is 26.8 Å². The first-order chi connectivity index (χ1) is 11.7. The molecule has 1 aliphatic rings. The van der Waals surface area contributed by atoms with Crippen molar-refractivity contribution in [2.24, 2.45) is 0 Å². The molecule has 10 heteroatoms. The molecule has 0 bridgehead atoms. The maximum Gasteiger partial charge on any atom is 0.258 e. The van der Waals surface area contributed by atoms with E-state index in [0.717, 1.165) is 6.07 Å². The largest absolute Gasteiger partial charge is 0.324 e. The van der Waals surface area contributed by atoms with Crippen molar-refractivity contribution in [3.05, 3.63) is 52.6 Å². The van der Waals surface area contributed by atoms with Crippen molar-refractivity contribution >= 4 is 44.6 Å². The van der Waals surface area contributed by atoms with Gasteiger partial charge in [-0.25, -0.2) is 17.2 Å². The molecule has 0 radical (unpaired) electrons. The lowest BCUT2D eigenvalue weighted by Crippen LogP contribution is -2.29. The van der Waals surface area contributed by atoms with E-state index in [1.165, 1.54) is 12.1 Å². The highest BCUT2D eigenvalue weighted by atomic mass is 35.5. The first-order valence-electron chi connectivity index (χ1n) is 6.80. The van der Waals surface area contributed by atoms with E-state index >= 15 is 0 Å². The summed E-state index contributed by atoms with van der Waals surface area (Å²) in [6.45, 7) is 0. The molecule has 6 nitrogen and oxygen atoms in total. The molecule has 0 saturated heterocycles. The summed E-state index contributed by atoms with van der Waals surface area (Å²) in [5.74, 6) is -4.35. The molecule has 0 saturated carbocycles. The fourth-order valence-corrected chi connectivity index (χ4v) is 3.78. The lowest BCUT2D eigenvalue weighted by atomic mass is 10.2. The summed E-state index contributed by atoms with van der Waals surface area (Å²) >= 11 is 5.43. The Morgan fingerprint density at radius 3 is 2.60 bits per heavy atom. The average Bonchev–Trinajstić information content (AvgIpc) is 2.50. The van der Waals surface area contributed by atoms with Gasteiger partial charge in [0, 0.05) is 5.69 Å². The number of anilines is 2. The summed E-state index contributed by atoms with van der Waals surface area (Å²) in [4.78, 5) is 23.3. The molecule has 0 spiro atoms. The highest BCUT2D eigenvalue weighted by Gasteiger charge is 2.29. The zero-order chi connectivity index (χ0) is 18.4. The Morgan fingerprint density at radius 2 is 1.88 bits per heavy atom. The second-order valence-electron chi connectivity index (χ2n) is 5.22. The number of amides is 2. The highest BCUT2D eigenvalue weighted by Crippen LogP contribution is 2.30. The van der Waals surface area contributed by atoms with Gasteiger partial charge in [-0.15, -0.1) is 0 Å². The third-order valence-electron chi connectivity index (χ3n) is 3.42. The van der Waals surface area contributed by atoms with Crippen molar-refractivity contribution in [1.29, 1.82) is 0 Å². The van der Waals surface area contributed by atoms with Gasteiger partial charge in [0.1, 0.15) is 17.4 Å². The molecule has 1 heterocycles. The summed E-state index contributed by atoms with van der Waals surface area (Å²) < 4.78 is 51.3. The van der Waals surface area contributed by atoms with Crippen molar-refractivity contribution in [3.63, 3.8) is 0 Å². The number of nitrogens with one attached hydrogen (secondary N) is 2. The van der Waals surface area contributed by atoms with E-state index in [0.29, 0.717) is 12.1 Å². The van der Waals surface area contributed by atoms with Gasteiger partial charge in [-0.3, -0.25) is 9.59 Å². The molecule has 2 N–H and O–H groups in total. The van der Waals surface area contributed by atoms with Crippen LogP contribution in [0.5, 0.6) is 0 Å². The van der Waals surface area contributed by atoms with Gasteiger partial charge >= 0.3 is 0 Å². The maximum atomic E-state index is 13.8. The molecule has 3 rings (SSSR count). The molecule has 25 heavy (non-hydrogen) atoms. The fourth-order valence-electron chi connectivity index (χ4n) is 2.29. The zero-order valence-electron chi connectivity index (χ0n) is 12.3. The summed E-state index contributed by atoms with van der Waals surface area (Å²) in [7, 11) is -3.85. The van der Waals surface area contributed by atoms with Crippen LogP contribution < -0.4 is 10.6 Å². The van der Waals surface area contributed by atoms with Crippen LogP contribution >= 0.6 is 11.6 Å². The SMILES string of the molecule is O=C1CS(=O)(=O)c2cc(NC(=O)c3cc(F)c(Cl)cc3F)ccc2N1. The summed E-state index contributed by atoms with van der Waals surface area (Å²) in [6, 6.07) is 5.05. The molecule has 0 atom stereocenters. The highest BCUT2D eigenvalue weighted by molar-refractivity contribution is 7.92. The predicted molar refractivity (Wildman–Crippen MR) is 86.4 cm³/mol. The minimum absolute atomic E-state index is 0.0400. The Labute approximate surface area is 145 Å². The van der Waals surface area contributed by atoms with E-state index in [2.05, 4.69) is 10.6 Å². The van der Waals surface area contributed by atoms with Crippen molar-refractivity contribution in [2.75, 3.05) is 16.4 Å². The quantitative estimate of drug-likeness (QED) is 0.776. The molecule has 0 aromatic heterocycles. The smallest absolute Gasteiger partial charge is 0.258 e. The first-order valence-corrected chi connectivity index (χ1v) is 8.83. The maximum absolute atomic E-state index is 13.8. The van der Waals surface area contributed by atoms with Gasteiger partial charge in [-0.2, -0.15) is 0 Å². The molecule has 2 aromatic carbocycles. The number of rotatable bonds is 2. The van der Waals surface area contributed by atoms with E-state index in [-0.39, 0.29) is 16.3 Å². The topological polar surface area (TPSA) is 92.3 Å². The molecule has 2 aromatic rings. The number of carbonyl (C=O) groups excluding carboxylic acids is 2. The number of sulfone groups is 1. The Balaban J connectivity index is 1.94. The molecular formula is C15H9ClF2N2O4S. The van der Waals surface area contributed by atoms with E-state index in [1.54, 1.807) is 0 Å². The van der Waals surface area contributed by atoms with Crippen molar-refractivity contribution in [1.82, 2.24) is 0 Å². The van der Waals surface area contributed by atoms with Crippen molar-refractivity contribution in [2.45, 2.75) is 4.90 Å². The molecule has 0 aliphatic carbocycles. The molecule has 0 unspecified atom stereocenters. The zero-order valence-corrected chi connectivity index (χ0v) is 13.8. The van der Waals surface area contributed by atoms with E-state index < -0.39 is 49.6 Å². The third-order valence-corrected chi connectivity index (χ3v) is 5.36. The van der Waals surface area contributed by atoms with Crippen molar-refractivity contribution in [3.8, 4) is 0 Å². The Kier molecular flexibility index (Phi) is 4.21. The van der Waals surface area contributed by atoms with Crippen LogP contribution in [0, 0.1) is 11.6 Å². The van der Waals surface area contributed by atoms with Gasteiger partial charge < -0.3 is 10.6 Å². The summed E-state index contributed by atoms with van der Waals surface area (Å²) in [5, 5.41) is 4.21. The number of hydrogen-bond acceptors (Lipinski definition) is 4. The van der Waals surface area contributed by atoms with Crippen LogP contribution in [-0.4, -0.2) is 26.0 Å². The lowest BCUT2D eigenvalue weighted by Gasteiger charge is -2.18. The second kappa shape index (κ2) is 6.08. The molecule has 2 amide bonds. The Bertz CT molecular complexity index is 1020. The van der Waals surface area contributed by atoms with E-state index in [1.807, 2.05) is 0 Å². The predicted octanol–water partition coefficient (Wildman–Crippen LogP) is 2.60. The van der Waals surface area contributed by atoms with E-state index in [4.69, 9.17) is 11.6 Å². The van der Waals surface area contributed by atoms with Gasteiger partial charge in [-0.05, 0) is 30.3 Å². The van der Waals surface area contributed by atoms with Crippen LogP contribution in [0.25, 0.3) is 0 Å². The van der Waals surface area contributed by atoms with Crippen LogP contribution in [0.3, 0.4) is 0 Å². The summed E-state index contributed by atoms with van der Waals surface area (Å²) in [5.41, 5.74) is -0.466. The Hall–Kier alpha value is -2.52. The monoisotopic (exact) mass is 386 g/mol. The van der Waals surface area contributed by atoms with Crippen molar-refractivity contribution < 1.29 is 26.8 Å². The number of carbonyl (C=O) groups is 2. The van der Waals surface area contributed by atoms with Crippen LogP contribution in [0.1, 0.15) is 10.4 Å². The average molecular weight is 387 g/mol. The van der Waals surface area contributed by atoms with Gasteiger partial charge in [0.2, 0.25) is 5.91 Å². The number of fused-ring (bicyclic) bond motifs is 1. The van der Waals surface area contributed by atoms with Gasteiger partial charge in [0.15, 0.2) is 9.84 Å². The number of halogens is 3. The van der Waals surface area contributed by atoms with Crippen LogP contribution in [0.15, 0.2) is 35.2 Å². The second-order valence-corrected chi connectivity index (χ2v) is 7.58. The molecule has 1 aliphatic heterocycles. The van der Waals surface area contributed by atoms with Gasteiger partial charge in [0.05, 0.1) is 21.2 Å². The van der Waals surface area contributed by atoms with Crippen LogP contribution in [0.4, 0.5) is 20.2 Å². The Morgan fingerprint density at radius 1 is 1.16 bits per heavy atom. The normalized spacial score (nSPS) is 15.2. The number of hydrogen-bond donors (Lipinski definition) is 2.